The molecule has 2 heterocycles. The predicted octanol–water partition coefficient (Wildman–Crippen LogP) is -0.713. The van der Waals surface area contributed by atoms with Crippen LogP contribution in [0, 0.1) is 0 Å². The monoisotopic (exact) mass is 284 g/mol. The summed E-state index contributed by atoms with van der Waals surface area (Å²) >= 11 is 0. The first kappa shape index (κ1) is 15.3. The van der Waals surface area contributed by atoms with E-state index in [1.165, 1.54) is 0 Å². The number of carbonyl (C=O) groups excluding carboxylic acids is 1. The molecule has 7 nitrogen and oxygen atoms in total. The molecule has 0 aromatic heterocycles. The van der Waals surface area contributed by atoms with Crippen molar-refractivity contribution >= 4 is 19.0 Å². The summed E-state index contributed by atoms with van der Waals surface area (Å²) in [5.41, 5.74) is 0. The van der Waals surface area contributed by atoms with Gasteiger partial charge in [0.1, 0.15) is 0 Å². The Morgan fingerprint density at radius 2 is 2.10 bits per heavy atom. The first-order chi connectivity index (χ1) is 9.56. The molecule has 0 spiro atoms. The molecule has 112 valence electrons. The van der Waals surface area contributed by atoms with Gasteiger partial charge in [0.05, 0.1) is 24.5 Å². The van der Waals surface area contributed by atoms with Crippen LogP contribution >= 0.6 is 0 Å². The van der Waals surface area contributed by atoms with Crippen molar-refractivity contribution in [1.29, 1.82) is 0 Å². The van der Waals surface area contributed by atoms with E-state index in [1.807, 2.05) is 0 Å². The number of piperidine rings is 1. The van der Waals surface area contributed by atoms with Gasteiger partial charge in [-0.25, -0.2) is 0 Å². The molecule has 8 heteroatoms. The molecule has 0 radical (unpaired) electrons. The fourth-order valence-corrected chi connectivity index (χ4v) is 2.72. The summed E-state index contributed by atoms with van der Waals surface area (Å²) in [6.45, 7) is 0.836. The summed E-state index contributed by atoms with van der Waals surface area (Å²) in [4.78, 5) is 22.6. The highest BCUT2D eigenvalue weighted by Gasteiger charge is 2.37. The van der Waals surface area contributed by atoms with Gasteiger partial charge in [-0.3, -0.25) is 9.59 Å². The van der Waals surface area contributed by atoms with Crippen molar-refractivity contribution in [2.24, 2.45) is 0 Å². The van der Waals surface area contributed by atoms with Crippen LogP contribution in [0.4, 0.5) is 0 Å². The number of nitrogens with one attached hydrogen (secondary N) is 2. The smallest absolute Gasteiger partial charge is 0.478 e. The fourth-order valence-electron chi connectivity index (χ4n) is 2.72. The highest BCUT2D eigenvalue weighted by atomic mass is 16.5. The molecule has 2 aliphatic rings. The Balaban J connectivity index is 1.79. The van der Waals surface area contributed by atoms with E-state index in [0.717, 1.165) is 25.8 Å². The second-order valence-corrected chi connectivity index (χ2v) is 5.44. The number of carbonyl (C=O) groups is 2. The summed E-state index contributed by atoms with van der Waals surface area (Å²) < 4.78 is 5.24. The van der Waals surface area contributed by atoms with Crippen LogP contribution < -0.4 is 10.6 Å². The Labute approximate surface area is 118 Å². The Bertz CT molecular complexity index is 362. The lowest BCUT2D eigenvalue weighted by atomic mass is 9.72. The van der Waals surface area contributed by atoms with Crippen molar-refractivity contribution in [3.05, 3.63) is 0 Å². The summed E-state index contributed by atoms with van der Waals surface area (Å²) in [5.74, 6) is -1.53. The molecule has 3 atom stereocenters. The molecule has 0 saturated carbocycles. The van der Waals surface area contributed by atoms with Gasteiger partial charge in [-0.1, -0.05) is 6.42 Å². The maximum atomic E-state index is 12.0. The molecule has 0 aromatic carbocycles. The van der Waals surface area contributed by atoms with Gasteiger partial charge in [0.25, 0.3) is 0 Å². The molecule has 2 aliphatic heterocycles. The zero-order chi connectivity index (χ0) is 14.5. The molecular weight excluding hydrogens is 263 g/mol. The molecule has 1 amide bonds. The number of carboxylic acids is 1. The van der Waals surface area contributed by atoms with Crippen LogP contribution in [0.3, 0.4) is 0 Å². The molecule has 2 fully saturated rings. The first-order valence-corrected chi connectivity index (χ1v) is 7.15. The predicted molar refractivity (Wildman–Crippen MR) is 71.9 cm³/mol. The minimum absolute atomic E-state index is 0.117. The van der Waals surface area contributed by atoms with E-state index in [4.69, 9.17) is 9.76 Å². The molecule has 0 aromatic rings. The van der Waals surface area contributed by atoms with Gasteiger partial charge in [-0.2, -0.15) is 0 Å². The van der Waals surface area contributed by atoms with E-state index in [1.54, 1.807) is 0 Å². The lowest BCUT2D eigenvalue weighted by Crippen LogP contribution is -2.57. The summed E-state index contributed by atoms with van der Waals surface area (Å²) in [6.07, 6.45) is 3.34. The van der Waals surface area contributed by atoms with Crippen molar-refractivity contribution in [3.63, 3.8) is 0 Å². The van der Waals surface area contributed by atoms with E-state index in [0.29, 0.717) is 12.8 Å². The molecule has 2 rings (SSSR count). The van der Waals surface area contributed by atoms with Gasteiger partial charge in [-0.05, 0) is 32.2 Å². The minimum Gasteiger partial charge on any atom is -0.481 e. The lowest BCUT2D eigenvalue weighted by Gasteiger charge is -2.32. The maximum Gasteiger partial charge on any atom is 0.478 e. The highest BCUT2D eigenvalue weighted by molar-refractivity contribution is 6.45. The SMILES string of the molecule is O=C(O)C[C@@H]1CC[C@H](NC(=O)[C@@H]2CCCCN2)B(O)O1. The molecule has 4 N–H and O–H groups in total. The Hall–Kier alpha value is -1.12. The van der Waals surface area contributed by atoms with Crippen molar-refractivity contribution in [3.8, 4) is 0 Å². The molecule has 2 saturated heterocycles. The third kappa shape index (κ3) is 4.19. The Kier molecular flexibility index (Phi) is 5.39. The second-order valence-electron chi connectivity index (χ2n) is 5.44. The maximum absolute atomic E-state index is 12.0. The average molecular weight is 284 g/mol. The van der Waals surface area contributed by atoms with Crippen molar-refractivity contribution in [2.45, 2.75) is 56.6 Å². The Morgan fingerprint density at radius 3 is 2.70 bits per heavy atom. The van der Waals surface area contributed by atoms with Gasteiger partial charge in [0.2, 0.25) is 5.91 Å². The van der Waals surface area contributed by atoms with Crippen molar-refractivity contribution in [1.82, 2.24) is 10.6 Å². The van der Waals surface area contributed by atoms with E-state index in [2.05, 4.69) is 10.6 Å². The molecular formula is C12H21BN2O5. The molecule has 20 heavy (non-hydrogen) atoms. The van der Waals surface area contributed by atoms with Gasteiger partial charge >= 0.3 is 13.1 Å². The minimum atomic E-state index is -1.14. The summed E-state index contributed by atoms with van der Waals surface area (Å²) in [6, 6.07) is -0.201. The summed E-state index contributed by atoms with van der Waals surface area (Å²) in [7, 11) is -1.14. The van der Waals surface area contributed by atoms with Crippen molar-refractivity contribution in [2.75, 3.05) is 6.54 Å². The molecule has 0 aliphatic carbocycles. The van der Waals surface area contributed by atoms with Crippen LogP contribution in [0.15, 0.2) is 0 Å². The summed E-state index contributed by atoms with van der Waals surface area (Å²) in [5, 5.41) is 24.5. The van der Waals surface area contributed by atoms with E-state index in [9.17, 15) is 14.6 Å². The number of aliphatic carboxylic acids is 1. The van der Waals surface area contributed by atoms with E-state index >= 15 is 0 Å². The first-order valence-electron chi connectivity index (χ1n) is 7.15. The van der Waals surface area contributed by atoms with Crippen LogP contribution in [0.2, 0.25) is 0 Å². The zero-order valence-corrected chi connectivity index (χ0v) is 11.4. The van der Waals surface area contributed by atoms with Gasteiger partial charge in [0, 0.05) is 0 Å². The normalized spacial score (nSPS) is 30.9. The standard InChI is InChI=1S/C12H21BN2O5/c16-11(17)7-8-4-5-10(13(19)20-8)15-12(18)9-3-1-2-6-14-9/h8-10,14,19H,1-7H2,(H,15,18)(H,16,17)/t8-,9-,10-/m0/s1. The average Bonchev–Trinajstić information content (AvgIpc) is 2.42. The van der Waals surface area contributed by atoms with Gasteiger partial charge in [-0.15, -0.1) is 0 Å². The second kappa shape index (κ2) is 7.05. The number of rotatable bonds is 4. The highest BCUT2D eigenvalue weighted by Crippen LogP contribution is 2.19. The van der Waals surface area contributed by atoms with Crippen LogP contribution in [-0.2, 0) is 14.2 Å². The third-order valence-electron chi connectivity index (χ3n) is 3.83. The number of hydrogen-bond donors (Lipinski definition) is 4. The quantitative estimate of drug-likeness (QED) is 0.508. The topological polar surface area (TPSA) is 108 Å². The van der Waals surface area contributed by atoms with E-state index < -0.39 is 25.1 Å². The van der Waals surface area contributed by atoms with Gasteiger partial charge in [0.15, 0.2) is 0 Å². The van der Waals surface area contributed by atoms with Crippen LogP contribution in [0.1, 0.15) is 38.5 Å². The largest absolute Gasteiger partial charge is 0.481 e. The van der Waals surface area contributed by atoms with Crippen LogP contribution in [0.25, 0.3) is 0 Å². The number of amides is 1. The fraction of sp³-hybridized carbons (Fsp3) is 0.833. The van der Waals surface area contributed by atoms with Crippen molar-refractivity contribution < 1.29 is 24.4 Å². The van der Waals surface area contributed by atoms with E-state index in [-0.39, 0.29) is 18.4 Å². The van der Waals surface area contributed by atoms with Crippen LogP contribution in [-0.4, -0.2) is 53.8 Å². The third-order valence-corrected chi connectivity index (χ3v) is 3.83. The number of carboxylic acid groups (broad SMARTS) is 1. The molecule has 0 bridgehead atoms. The Morgan fingerprint density at radius 1 is 1.30 bits per heavy atom. The number of hydrogen-bond acceptors (Lipinski definition) is 5. The lowest BCUT2D eigenvalue weighted by molar-refractivity contribution is -0.139. The zero-order valence-electron chi connectivity index (χ0n) is 11.4. The molecule has 0 unspecified atom stereocenters. The van der Waals surface area contributed by atoms with Gasteiger partial charge < -0.3 is 25.4 Å². The van der Waals surface area contributed by atoms with Crippen LogP contribution in [0.5, 0.6) is 0 Å².